The molecule has 0 bridgehead atoms. The van der Waals surface area contributed by atoms with Crippen LogP contribution in [0, 0.1) is 12.8 Å². The molecule has 210 valence electrons. The van der Waals surface area contributed by atoms with Gasteiger partial charge in [0.2, 0.25) is 5.91 Å². The number of rotatable bonds is 4. The van der Waals surface area contributed by atoms with Gasteiger partial charge in [0.1, 0.15) is 22.7 Å². The maximum Gasteiger partial charge on any atom is 0.275 e. The Kier molecular flexibility index (Phi) is 5.59. The molecule has 0 unspecified atom stereocenters. The molecule has 4 aliphatic rings. The molecule has 3 aromatic rings. The highest BCUT2D eigenvalue weighted by Gasteiger charge is 2.57. The number of likely N-dealkylation sites (tertiary alicyclic amines) is 1. The maximum absolute atomic E-state index is 13.7. The number of sulfone groups is 1. The SMILES string of the molecule is Cc1cc(Nc2ncnc3sc4c(c23)CC[C@H](C(=O)N2CC(N(C)C)C2)C4)c(=O)n2c1C(=O)CC21CS(=O)(=O)C1. The van der Waals surface area contributed by atoms with Crippen LogP contribution in [0.15, 0.2) is 17.2 Å². The first kappa shape index (κ1) is 25.8. The Labute approximate surface area is 235 Å². The summed E-state index contributed by atoms with van der Waals surface area (Å²) in [6.45, 7) is 3.31. The molecule has 0 radical (unpaired) electrons. The van der Waals surface area contributed by atoms with Crippen molar-refractivity contribution in [2.24, 2.45) is 5.92 Å². The number of carbonyl (C=O) groups excluding carboxylic acids is 2. The average Bonchev–Trinajstić information content (AvgIpc) is 3.35. The van der Waals surface area contributed by atoms with E-state index in [1.807, 2.05) is 19.0 Å². The van der Waals surface area contributed by atoms with Gasteiger partial charge in [0, 0.05) is 36.3 Å². The summed E-state index contributed by atoms with van der Waals surface area (Å²) in [6.07, 6.45) is 3.61. The first-order valence-corrected chi connectivity index (χ1v) is 16.1. The summed E-state index contributed by atoms with van der Waals surface area (Å²) in [7, 11) is 0.804. The molecule has 11 nitrogen and oxygen atoms in total. The summed E-state index contributed by atoms with van der Waals surface area (Å²) in [6, 6.07) is 2.07. The van der Waals surface area contributed by atoms with Gasteiger partial charge in [0.05, 0.1) is 28.1 Å². The number of likely N-dealkylation sites (N-methyl/N-ethyl adjacent to an activating group) is 1. The number of nitrogens with one attached hydrogen (secondary N) is 1. The van der Waals surface area contributed by atoms with Crippen molar-refractivity contribution >= 4 is 54.6 Å². The summed E-state index contributed by atoms with van der Waals surface area (Å²) in [5.74, 6) is 0.0558. The van der Waals surface area contributed by atoms with Crippen molar-refractivity contribution in [1.82, 2.24) is 24.3 Å². The number of pyridine rings is 1. The highest BCUT2D eigenvalue weighted by atomic mass is 32.2. The zero-order chi connectivity index (χ0) is 28.1. The van der Waals surface area contributed by atoms with Crippen molar-refractivity contribution in [2.75, 3.05) is 44.0 Å². The van der Waals surface area contributed by atoms with Gasteiger partial charge >= 0.3 is 0 Å². The molecule has 2 saturated heterocycles. The normalized spacial score (nSPS) is 22.8. The second kappa shape index (κ2) is 8.67. The third-order valence-corrected chi connectivity index (χ3v) is 12.1. The fourth-order valence-corrected chi connectivity index (χ4v) is 10.1. The topological polar surface area (TPSA) is 135 Å². The fourth-order valence-electron chi connectivity index (χ4n) is 6.86. The lowest BCUT2D eigenvalue weighted by Crippen LogP contribution is -2.60. The number of aromatic nitrogens is 3. The smallest absolute Gasteiger partial charge is 0.275 e. The number of carbonyl (C=O) groups is 2. The Morgan fingerprint density at radius 1 is 1.20 bits per heavy atom. The zero-order valence-corrected chi connectivity index (χ0v) is 24.2. The molecular weight excluding hydrogens is 552 g/mol. The number of hydrogen-bond donors (Lipinski definition) is 1. The molecule has 1 atom stereocenters. The maximum atomic E-state index is 13.7. The predicted octanol–water partition coefficient (Wildman–Crippen LogP) is 1.49. The Balaban J connectivity index is 1.20. The molecule has 0 aromatic carbocycles. The van der Waals surface area contributed by atoms with Crippen molar-refractivity contribution in [3.05, 3.63) is 44.4 Å². The number of aryl methyl sites for hydroxylation is 2. The lowest BCUT2D eigenvalue weighted by atomic mass is 9.86. The van der Waals surface area contributed by atoms with Crippen LogP contribution < -0.4 is 10.9 Å². The Morgan fingerprint density at radius 3 is 2.65 bits per heavy atom. The first-order chi connectivity index (χ1) is 19.0. The van der Waals surface area contributed by atoms with Gasteiger partial charge < -0.3 is 15.1 Å². The summed E-state index contributed by atoms with van der Waals surface area (Å²) < 4.78 is 25.5. The monoisotopic (exact) mass is 582 g/mol. The number of thiophene rings is 1. The molecule has 6 heterocycles. The predicted molar refractivity (Wildman–Crippen MR) is 151 cm³/mol. The van der Waals surface area contributed by atoms with Crippen molar-refractivity contribution in [1.29, 1.82) is 0 Å². The van der Waals surface area contributed by atoms with Crippen LogP contribution in [-0.2, 0) is 33.0 Å². The van der Waals surface area contributed by atoms with E-state index < -0.39 is 20.9 Å². The largest absolute Gasteiger partial charge is 0.339 e. The Bertz CT molecular complexity index is 1770. The van der Waals surface area contributed by atoms with Gasteiger partial charge in [-0.15, -0.1) is 11.3 Å². The molecule has 1 amide bonds. The molecule has 3 aromatic heterocycles. The molecule has 13 heteroatoms. The van der Waals surface area contributed by atoms with Crippen LogP contribution in [0.2, 0.25) is 0 Å². The summed E-state index contributed by atoms with van der Waals surface area (Å²) in [5, 5.41) is 4.06. The van der Waals surface area contributed by atoms with E-state index in [1.165, 1.54) is 10.9 Å². The van der Waals surface area contributed by atoms with Crippen molar-refractivity contribution in [2.45, 2.75) is 44.2 Å². The minimum absolute atomic E-state index is 0.0225. The van der Waals surface area contributed by atoms with E-state index in [-0.39, 0.29) is 41.2 Å². The summed E-state index contributed by atoms with van der Waals surface area (Å²) >= 11 is 1.56. The first-order valence-electron chi connectivity index (χ1n) is 13.4. The molecule has 7 rings (SSSR count). The Hall–Kier alpha value is -3.16. The molecule has 1 aliphatic carbocycles. The van der Waals surface area contributed by atoms with Crippen molar-refractivity contribution in [3.8, 4) is 0 Å². The van der Waals surface area contributed by atoms with Gasteiger partial charge in [-0.1, -0.05) is 0 Å². The van der Waals surface area contributed by atoms with Gasteiger partial charge in [0.25, 0.3) is 5.56 Å². The number of fused-ring (bicyclic) bond motifs is 5. The van der Waals surface area contributed by atoms with E-state index in [2.05, 4.69) is 20.2 Å². The standard InChI is InChI=1S/C27H30N6O5S2/c1-14-6-18(26(36)33-22(14)19(34)8-27(33)11-40(37,38)12-27)30-23-21-17-5-4-15(7-20(17)39-24(21)29-13-28-23)25(35)32-9-16(10-32)31(2)3/h6,13,15-16H,4-5,7-12H2,1-3H3,(H,28,29,30)/t15-/m0/s1. The van der Waals surface area contributed by atoms with Gasteiger partial charge in [-0.3, -0.25) is 19.0 Å². The third kappa shape index (κ3) is 3.77. The number of hydrogen-bond acceptors (Lipinski definition) is 10. The van der Waals surface area contributed by atoms with Crippen molar-refractivity contribution in [3.63, 3.8) is 0 Å². The van der Waals surface area contributed by atoms with Crippen LogP contribution >= 0.6 is 11.3 Å². The van der Waals surface area contributed by atoms with Crippen LogP contribution in [0.1, 0.15) is 39.3 Å². The van der Waals surface area contributed by atoms with E-state index in [4.69, 9.17) is 0 Å². The third-order valence-electron chi connectivity index (χ3n) is 8.95. The zero-order valence-electron chi connectivity index (χ0n) is 22.6. The fraction of sp³-hybridized carbons (Fsp3) is 0.519. The van der Waals surface area contributed by atoms with Crippen LogP contribution in [-0.4, -0.2) is 89.2 Å². The van der Waals surface area contributed by atoms with E-state index in [0.29, 0.717) is 29.5 Å². The van der Waals surface area contributed by atoms with Gasteiger partial charge in [-0.05, 0) is 57.5 Å². The Morgan fingerprint density at radius 2 is 1.95 bits per heavy atom. The molecule has 1 spiro atoms. The average molecular weight is 583 g/mol. The molecule has 0 saturated carbocycles. The summed E-state index contributed by atoms with van der Waals surface area (Å²) in [4.78, 5) is 54.6. The van der Waals surface area contributed by atoms with Gasteiger partial charge in [-0.25, -0.2) is 18.4 Å². The summed E-state index contributed by atoms with van der Waals surface area (Å²) in [5.41, 5.74) is 0.843. The van der Waals surface area contributed by atoms with Crippen LogP contribution in [0.25, 0.3) is 10.2 Å². The minimum Gasteiger partial charge on any atom is -0.339 e. The second-order valence-corrected chi connectivity index (χ2v) is 15.1. The number of ketones is 1. The molecule has 2 fully saturated rings. The van der Waals surface area contributed by atoms with E-state index in [9.17, 15) is 22.8 Å². The molecule has 40 heavy (non-hydrogen) atoms. The van der Waals surface area contributed by atoms with Crippen LogP contribution in [0.5, 0.6) is 0 Å². The number of Topliss-reactive ketones (excluding diaryl/α,β-unsaturated/α-hetero) is 1. The highest BCUT2D eigenvalue weighted by Crippen LogP contribution is 2.43. The van der Waals surface area contributed by atoms with Crippen LogP contribution in [0.4, 0.5) is 11.5 Å². The van der Waals surface area contributed by atoms with Crippen molar-refractivity contribution < 1.29 is 18.0 Å². The number of nitrogens with zero attached hydrogens (tertiary/aromatic N) is 5. The lowest BCUT2D eigenvalue weighted by molar-refractivity contribution is -0.142. The van der Waals surface area contributed by atoms with E-state index >= 15 is 0 Å². The van der Waals surface area contributed by atoms with E-state index in [1.54, 1.807) is 24.3 Å². The van der Waals surface area contributed by atoms with Gasteiger partial charge in [-0.2, -0.15) is 0 Å². The molecule has 1 N–H and O–H groups in total. The molecular formula is C27H30N6O5S2. The minimum atomic E-state index is -3.27. The highest BCUT2D eigenvalue weighted by molar-refractivity contribution is 7.93. The lowest BCUT2D eigenvalue weighted by Gasteiger charge is -2.44. The second-order valence-electron chi connectivity index (χ2n) is 11.9. The van der Waals surface area contributed by atoms with Gasteiger partial charge in [0.15, 0.2) is 15.6 Å². The molecule has 3 aliphatic heterocycles. The van der Waals surface area contributed by atoms with E-state index in [0.717, 1.165) is 46.6 Å². The van der Waals surface area contributed by atoms with Crippen LogP contribution in [0.3, 0.4) is 0 Å². The quantitative estimate of drug-likeness (QED) is 0.486. The number of anilines is 2. The number of amides is 1.